The number of hydrogen-bond acceptors (Lipinski definition) is 2. The smallest absolute Gasteiger partial charge is 0.188 e. The average molecular weight is 296 g/mol. The van der Waals surface area contributed by atoms with Gasteiger partial charge in [-0.2, -0.15) is 0 Å². The summed E-state index contributed by atoms with van der Waals surface area (Å²) >= 11 is 6.17. The van der Waals surface area contributed by atoms with Gasteiger partial charge in [0.2, 0.25) is 0 Å². The van der Waals surface area contributed by atoms with Crippen LogP contribution >= 0.6 is 11.6 Å². The third-order valence-electron chi connectivity index (χ3n) is 3.76. The standard InChI is InChI=1S/C15H22ClN3O/c1-20-14(12-7-2-3-8-13(12)16)10-19-15(17)18-9-11-5-4-6-11/h2-3,7-8,11,14H,4-6,9-10H2,1H3,(H3,17,18,19). The van der Waals surface area contributed by atoms with Crippen molar-refractivity contribution in [2.24, 2.45) is 16.6 Å². The van der Waals surface area contributed by atoms with Gasteiger partial charge < -0.3 is 15.8 Å². The van der Waals surface area contributed by atoms with E-state index in [1.807, 2.05) is 24.3 Å². The minimum Gasteiger partial charge on any atom is -0.375 e. The average Bonchev–Trinajstić information content (AvgIpc) is 2.39. The fourth-order valence-corrected chi connectivity index (χ4v) is 2.48. The summed E-state index contributed by atoms with van der Waals surface area (Å²) in [5, 5.41) is 3.86. The molecule has 20 heavy (non-hydrogen) atoms. The van der Waals surface area contributed by atoms with Gasteiger partial charge in [0.15, 0.2) is 5.96 Å². The van der Waals surface area contributed by atoms with Crippen molar-refractivity contribution in [3.63, 3.8) is 0 Å². The maximum absolute atomic E-state index is 6.17. The van der Waals surface area contributed by atoms with E-state index >= 15 is 0 Å². The number of nitrogens with zero attached hydrogens (tertiary/aromatic N) is 1. The first-order chi connectivity index (χ1) is 9.70. The van der Waals surface area contributed by atoms with E-state index in [1.54, 1.807) is 7.11 Å². The normalized spacial score (nSPS) is 17.6. The second kappa shape index (κ2) is 7.50. The number of halogens is 1. The van der Waals surface area contributed by atoms with Crippen LogP contribution in [0.15, 0.2) is 29.3 Å². The van der Waals surface area contributed by atoms with E-state index in [9.17, 15) is 0 Å². The zero-order chi connectivity index (χ0) is 14.4. The lowest BCUT2D eigenvalue weighted by Crippen LogP contribution is -2.37. The molecule has 1 fully saturated rings. The first-order valence-electron chi connectivity index (χ1n) is 7.01. The maximum atomic E-state index is 6.17. The van der Waals surface area contributed by atoms with Gasteiger partial charge in [-0.05, 0) is 24.8 Å². The van der Waals surface area contributed by atoms with Crippen molar-refractivity contribution in [3.05, 3.63) is 34.9 Å². The summed E-state index contributed by atoms with van der Waals surface area (Å²) in [5.41, 5.74) is 6.81. The molecule has 1 unspecified atom stereocenters. The highest BCUT2D eigenvalue weighted by Crippen LogP contribution is 2.26. The molecule has 1 aromatic rings. The summed E-state index contributed by atoms with van der Waals surface area (Å²) in [7, 11) is 1.65. The van der Waals surface area contributed by atoms with Crippen LogP contribution in [0.25, 0.3) is 0 Å². The van der Waals surface area contributed by atoms with E-state index in [-0.39, 0.29) is 6.10 Å². The number of aliphatic imine (C=N–C) groups is 1. The van der Waals surface area contributed by atoms with Gasteiger partial charge in [-0.3, -0.25) is 4.99 Å². The molecule has 0 amide bonds. The van der Waals surface area contributed by atoms with Gasteiger partial charge in [0.1, 0.15) is 6.10 Å². The number of nitrogens with one attached hydrogen (secondary N) is 1. The molecule has 0 aromatic heterocycles. The minimum atomic E-state index is -0.173. The van der Waals surface area contributed by atoms with Gasteiger partial charge >= 0.3 is 0 Å². The Morgan fingerprint density at radius 3 is 2.85 bits per heavy atom. The van der Waals surface area contributed by atoms with E-state index in [2.05, 4.69) is 10.3 Å². The molecule has 1 saturated carbocycles. The largest absolute Gasteiger partial charge is 0.375 e. The number of guanidine groups is 1. The van der Waals surface area contributed by atoms with Crippen molar-refractivity contribution in [1.82, 2.24) is 5.32 Å². The molecule has 1 aromatic carbocycles. The molecule has 0 heterocycles. The molecule has 0 saturated heterocycles. The molecular weight excluding hydrogens is 274 g/mol. The van der Waals surface area contributed by atoms with Crippen molar-refractivity contribution in [3.8, 4) is 0 Å². The van der Waals surface area contributed by atoms with Crippen molar-refractivity contribution >= 4 is 17.6 Å². The molecule has 0 aliphatic heterocycles. The van der Waals surface area contributed by atoms with E-state index in [0.29, 0.717) is 17.5 Å². The molecule has 1 atom stereocenters. The van der Waals surface area contributed by atoms with Gasteiger partial charge in [0.05, 0.1) is 6.54 Å². The lowest BCUT2D eigenvalue weighted by Gasteiger charge is -2.25. The summed E-state index contributed by atoms with van der Waals surface area (Å²) in [4.78, 5) is 4.34. The van der Waals surface area contributed by atoms with Crippen LogP contribution in [-0.2, 0) is 4.74 Å². The molecular formula is C15H22ClN3O. The monoisotopic (exact) mass is 295 g/mol. The molecule has 3 N–H and O–H groups in total. The highest BCUT2D eigenvalue weighted by molar-refractivity contribution is 6.31. The molecule has 4 nitrogen and oxygen atoms in total. The van der Waals surface area contributed by atoms with Crippen molar-refractivity contribution in [2.45, 2.75) is 25.4 Å². The zero-order valence-electron chi connectivity index (χ0n) is 11.8. The van der Waals surface area contributed by atoms with E-state index in [4.69, 9.17) is 22.1 Å². The molecule has 1 aliphatic carbocycles. The predicted molar refractivity (Wildman–Crippen MR) is 83.0 cm³/mol. The number of hydrogen-bond donors (Lipinski definition) is 2. The van der Waals surface area contributed by atoms with Gasteiger partial charge in [-0.15, -0.1) is 0 Å². The quantitative estimate of drug-likeness (QED) is 0.627. The van der Waals surface area contributed by atoms with E-state index < -0.39 is 0 Å². The Bertz CT molecular complexity index is 460. The molecule has 0 bridgehead atoms. The lowest BCUT2D eigenvalue weighted by molar-refractivity contribution is 0.111. The van der Waals surface area contributed by atoms with Crippen LogP contribution in [0.1, 0.15) is 30.9 Å². The Morgan fingerprint density at radius 2 is 2.25 bits per heavy atom. The molecule has 2 rings (SSSR count). The van der Waals surface area contributed by atoms with Crippen LogP contribution in [0.4, 0.5) is 0 Å². The Labute approximate surface area is 125 Å². The van der Waals surface area contributed by atoms with Crippen molar-refractivity contribution < 1.29 is 4.74 Å². The first kappa shape index (κ1) is 15.1. The lowest BCUT2D eigenvalue weighted by atomic mass is 9.85. The molecule has 110 valence electrons. The van der Waals surface area contributed by atoms with Crippen LogP contribution in [0.3, 0.4) is 0 Å². The number of nitrogens with two attached hydrogens (primary N) is 1. The van der Waals surface area contributed by atoms with Crippen LogP contribution in [0.5, 0.6) is 0 Å². The summed E-state index contributed by atoms with van der Waals surface area (Å²) in [5.74, 6) is 1.23. The Hall–Kier alpha value is -1.26. The van der Waals surface area contributed by atoms with E-state index in [0.717, 1.165) is 18.0 Å². The predicted octanol–water partition coefficient (Wildman–Crippen LogP) is 2.73. The molecule has 5 heteroatoms. The maximum Gasteiger partial charge on any atom is 0.188 e. The van der Waals surface area contributed by atoms with Crippen molar-refractivity contribution in [2.75, 3.05) is 20.2 Å². The highest BCUT2D eigenvalue weighted by Gasteiger charge is 2.17. The van der Waals surface area contributed by atoms with Gasteiger partial charge in [0.25, 0.3) is 0 Å². The fraction of sp³-hybridized carbons (Fsp3) is 0.533. The number of rotatable bonds is 6. The molecule has 1 aliphatic rings. The van der Waals surface area contributed by atoms with Crippen LogP contribution in [0, 0.1) is 5.92 Å². The van der Waals surface area contributed by atoms with Crippen LogP contribution < -0.4 is 11.1 Å². The van der Waals surface area contributed by atoms with Gasteiger partial charge in [-0.25, -0.2) is 0 Å². The van der Waals surface area contributed by atoms with Crippen molar-refractivity contribution in [1.29, 1.82) is 0 Å². The second-order valence-corrected chi connectivity index (χ2v) is 5.56. The number of benzene rings is 1. The summed E-state index contributed by atoms with van der Waals surface area (Å²) in [6, 6.07) is 7.64. The minimum absolute atomic E-state index is 0.173. The Kier molecular flexibility index (Phi) is 5.68. The summed E-state index contributed by atoms with van der Waals surface area (Å²) in [6.07, 6.45) is 3.75. The third-order valence-corrected chi connectivity index (χ3v) is 4.10. The molecule has 0 spiro atoms. The van der Waals surface area contributed by atoms with Gasteiger partial charge in [0, 0.05) is 24.2 Å². The molecule has 0 radical (unpaired) electrons. The Balaban J connectivity index is 1.87. The summed E-state index contributed by atoms with van der Waals surface area (Å²) in [6.45, 7) is 1.38. The first-order valence-corrected chi connectivity index (χ1v) is 7.39. The fourth-order valence-electron chi connectivity index (χ4n) is 2.22. The topological polar surface area (TPSA) is 59.6 Å². The third kappa shape index (κ3) is 4.12. The van der Waals surface area contributed by atoms with E-state index in [1.165, 1.54) is 19.3 Å². The highest BCUT2D eigenvalue weighted by atomic mass is 35.5. The van der Waals surface area contributed by atoms with Crippen LogP contribution in [-0.4, -0.2) is 26.2 Å². The second-order valence-electron chi connectivity index (χ2n) is 5.15. The van der Waals surface area contributed by atoms with Crippen LogP contribution in [0.2, 0.25) is 5.02 Å². The summed E-state index contributed by atoms with van der Waals surface area (Å²) < 4.78 is 5.45. The Morgan fingerprint density at radius 1 is 1.50 bits per heavy atom. The zero-order valence-corrected chi connectivity index (χ0v) is 12.6. The van der Waals surface area contributed by atoms with Gasteiger partial charge in [-0.1, -0.05) is 36.2 Å². The number of methoxy groups -OCH3 is 1. The SMILES string of the molecule is COC(CN=C(N)NCC1CCC1)c1ccccc1Cl. The number of ether oxygens (including phenoxy) is 1.